The first kappa shape index (κ1) is 13.3. The maximum absolute atomic E-state index is 11.5. The molecule has 2 aromatic rings. The molecule has 0 aliphatic heterocycles. The second-order valence-corrected chi connectivity index (χ2v) is 4.80. The van der Waals surface area contributed by atoms with E-state index in [-0.39, 0.29) is 11.7 Å². The zero-order chi connectivity index (χ0) is 13.8. The van der Waals surface area contributed by atoms with Crippen LogP contribution < -0.4 is 0 Å². The molecular formula is C18H18O. The number of carbonyl (C=O) groups is 1. The van der Waals surface area contributed by atoms with Gasteiger partial charge in [-0.2, -0.15) is 0 Å². The summed E-state index contributed by atoms with van der Waals surface area (Å²) in [4.78, 5) is 11.5. The predicted molar refractivity (Wildman–Crippen MR) is 80.1 cm³/mol. The molecular weight excluding hydrogens is 232 g/mol. The van der Waals surface area contributed by atoms with Crippen LogP contribution in [-0.2, 0) is 4.79 Å². The monoisotopic (exact) mass is 250 g/mol. The van der Waals surface area contributed by atoms with Crippen molar-refractivity contribution in [3.8, 4) is 0 Å². The van der Waals surface area contributed by atoms with Gasteiger partial charge in [0.05, 0.1) is 0 Å². The summed E-state index contributed by atoms with van der Waals surface area (Å²) in [6, 6.07) is 18.2. The molecule has 1 atom stereocenters. The smallest absolute Gasteiger partial charge is 0.136 e. The van der Waals surface area contributed by atoms with Gasteiger partial charge in [0.1, 0.15) is 5.78 Å². The van der Waals surface area contributed by atoms with E-state index in [9.17, 15) is 4.79 Å². The summed E-state index contributed by atoms with van der Waals surface area (Å²) >= 11 is 0. The number of hydrogen-bond donors (Lipinski definition) is 0. The molecule has 0 aliphatic carbocycles. The zero-order valence-electron chi connectivity index (χ0n) is 11.4. The van der Waals surface area contributed by atoms with E-state index >= 15 is 0 Å². The summed E-state index contributed by atoms with van der Waals surface area (Å²) in [7, 11) is 0. The van der Waals surface area contributed by atoms with Gasteiger partial charge >= 0.3 is 0 Å². The van der Waals surface area contributed by atoms with Crippen molar-refractivity contribution in [3.63, 3.8) is 0 Å². The molecule has 0 radical (unpaired) electrons. The van der Waals surface area contributed by atoms with E-state index < -0.39 is 0 Å². The van der Waals surface area contributed by atoms with Crippen LogP contribution >= 0.6 is 0 Å². The number of rotatable bonds is 4. The highest BCUT2D eigenvalue weighted by Crippen LogP contribution is 2.25. The summed E-state index contributed by atoms with van der Waals surface area (Å²) in [5.41, 5.74) is 4.20. The van der Waals surface area contributed by atoms with Crippen LogP contribution in [0.15, 0.2) is 61.2 Å². The Morgan fingerprint density at radius 3 is 2.26 bits per heavy atom. The van der Waals surface area contributed by atoms with E-state index in [1.807, 2.05) is 55.5 Å². The quantitative estimate of drug-likeness (QED) is 0.784. The summed E-state index contributed by atoms with van der Waals surface area (Å²) in [5, 5.41) is 0. The number of Topliss-reactive ketones (excluding diaryl/α,β-unsaturated/α-hetero) is 1. The van der Waals surface area contributed by atoms with Crippen molar-refractivity contribution in [2.75, 3.05) is 0 Å². The van der Waals surface area contributed by atoms with E-state index in [1.54, 1.807) is 6.92 Å². The fraction of sp³-hybridized carbons (Fsp3) is 0.167. The van der Waals surface area contributed by atoms with Crippen molar-refractivity contribution >= 4 is 11.4 Å². The lowest BCUT2D eigenvalue weighted by atomic mass is 9.92. The van der Waals surface area contributed by atoms with Crippen LogP contribution in [0.2, 0.25) is 0 Å². The number of carbonyl (C=O) groups excluding carboxylic acids is 1. The van der Waals surface area contributed by atoms with E-state index in [4.69, 9.17) is 0 Å². The lowest BCUT2D eigenvalue weighted by Gasteiger charge is -2.12. The van der Waals surface area contributed by atoms with Gasteiger partial charge in [-0.25, -0.2) is 0 Å². The van der Waals surface area contributed by atoms with Crippen molar-refractivity contribution < 1.29 is 4.79 Å². The van der Waals surface area contributed by atoms with Gasteiger partial charge < -0.3 is 0 Å². The highest BCUT2D eigenvalue weighted by atomic mass is 16.1. The van der Waals surface area contributed by atoms with Crippen molar-refractivity contribution in [2.24, 2.45) is 0 Å². The number of benzene rings is 2. The van der Waals surface area contributed by atoms with Gasteiger partial charge in [0.25, 0.3) is 0 Å². The zero-order valence-corrected chi connectivity index (χ0v) is 11.4. The van der Waals surface area contributed by atoms with E-state index in [0.717, 1.165) is 22.3 Å². The van der Waals surface area contributed by atoms with Crippen LogP contribution in [0.3, 0.4) is 0 Å². The molecule has 0 spiro atoms. The molecule has 96 valence electrons. The van der Waals surface area contributed by atoms with Crippen LogP contribution in [0.25, 0.3) is 5.57 Å². The van der Waals surface area contributed by atoms with Crippen molar-refractivity contribution in [1.29, 1.82) is 0 Å². The highest BCUT2D eigenvalue weighted by molar-refractivity contribution is 5.84. The Morgan fingerprint density at radius 1 is 1.00 bits per heavy atom. The van der Waals surface area contributed by atoms with Gasteiger partial charge in [-0.1, -0.05) is 68.1 Å². The van der Waals surface area contributed by atoms with Gasteiger partial charge in [-0.05, 0) is 29.2 Å². The standard InChI is InChI=1S/C18H18O/c1-13(15(3)19)17-10-7-11-18(12-17)14(2)16-8-5-4-6-9-16/h4-13H,2H2,1,3H3. The Hall–Kier alpha value is -2.15. The van der Waals surface area contributed by atoms with E-state index in [1.165, 1.54) is 0 Å². The molecule has 0 aromatic heterocycles. The fourth-order valence-corrected chi connectivity index (χ4v) is 2.04. The first-order valence-corrected chi connectivity index (χ1v) is 6.44. The Kier molecular flexibility index (Phi) is 3.96. The largest absolute Gasteiger partial charge is 0.299 e. The predicted octanol–water partition coefficient (Wildman–Crippen LogP) is 4.44. The van der Waals surface area contributed by atoms with Gasteiger partial charge in [0.15, 0.2) is 0 Å². The molecule has 1 nitrogen and oxygen atoms in total. The van der Waals surface area contributed by atoms with Gasteiger partial charge in [0, 0.05) is 5.92 Å². The Balaban J connectivity index is 2.34. The third kappa shape index (κ3) is 3.00. The summed E-state index contributed by atoms with van der Waals surface area (Å²) in [6.45, 7) is 7.72. The molecule has 0 bridgehead atoms. The molecule has 2 aromatic carbocycles. The molecule has 2 rings (SSSR count). The molecule has 0 heterocycles. The van der Waals surface area contributed by atoms with Crippen molar-refractivity contribution in [2.45, 2.75) is 19.8 Å². The normalized spacial score (nSPS) is 11.9. The minimum Gasteiger partial charge on any atom is -0.299 e. The minimum atomic E-state index is -0.0662. The third-order valence-electron chi connectivity index (χ3n) is 3.47. The molecule has 0 saturated heterocycles. The van der Waals surface area contributed by atoms with Gasteiger partial charge in [0.2, 0.25) is 0 Å². The first-order chi connectivity index (χ1) is 9.09. The van der Waals surface area contributed by atoms with Crippen LogP contribution in [-0.4, -0.2) is 5.78 Å². The molecule has 0 amide bonds. The molecule has 0 fully saturated rings. The second kappa shape index (κ2) is 5.66. The highest BCUT2D eigenvalue weighted by Gasteiger charge is 2.11. The molecule has 0 saturated carbocycles. The van der Waals surface area contributed by atoms with Crippen LogP contribution in [0.4, 0.5) is 0 Å². The maximum atomic E-state index is 11.5. The third-order valence-corrected chi connectivity index (χ3v) is 3.47. The Labute approximate surface area is 114 Å². The topological polar surface area (TPSA) is 17.1 Å². The SMILES string of the molecule is C=C(c1ccccc1)c1cccc(C(C)C(C)=O)c1. The first-order valence-electron chi connectivity index (χ1n) is 6.44. The lowest BCUT2D eigenvalue weighted by molar-refractivity contribution is -0.118. The van der Waals surface area contributed by atoms with Crippen molar-refractivity contribution in [1.82, 2.24) is 0 Å². The molecule has 1 heteroatoms. The second-order valence-electron chi connectivity index (χ2n) is 4.80. The summed E-state index contributed by atoms with van der Waals surface area (Å²) in [6.07, 6.45) is 0. The van der Waals surface area contributed by atoms with Crippen LogP contribution in [0.1, 0.15) is 36.5 Å². The summed E-state index contributed by atoms with van der Waals surface area (Å²) < 4.78 is 0. The Bertz CT molecular complexity index is 596. The number of ketones is 1. The van der Waals surface area contributed by atoms with Crippen LogP contribution in [0.5, 0.6) is 0 Å². The van der Waals surface area contributed by atoms with Gasteiger partial charge in [-0.15, -0.1) is 0 Å². The average Bonchev–Trinajstić information content (AvgIpc) is 2.46. The molecule has 1 unspecified atom stereocenters. The molecule has 0 N–H and O–H groups in total. The molecule has 19 heavy (non-hydrogen) atoms. The molecule has 0 aliphatic rings. The minimum absolute atomic E-state index is 0.0662. The maximum Gasteiger partial charge on any atom is 0.136 e. The van der Waals surface area contributed by atoms with E-state index in [2.05, 4.69) is 12.6 Å². The van der Waals surface area contributed by atoms with Crippen molar-refractivity contribution in [3.05, 3.63) is 77.9 Å². The Morgan fingerprint density at radius 2 is 1.63 bits per heavy atom. The van der Waals surface area contributed by atoms with Crippen LogP contribution in [0, 0.1) is 0 Å². The van der Waals surface area contributed by atoms with Gasteiger partial charge in [-0.3, -0.25) is 4.79 Å². The fourth-order valence-electron chi connectivity index (χ4n) is 2.04. The summed E-state index contributed by atoms with van der Waals surface area (Å²) in [5.74, 6) is 0.117. The van der Waals surface area contributed by atoms with E-state index in [0.29, 0.717) is 0 Å². The lowest BCUT2D eigenvalue weighted by Crippen LogP contribution is -2.04. The number of hydrogen-bond acceptors (Lipinski definition) is 1. The average molecular weight is 250 g/mol.